The molecule has 0 atom stereocenters. The van der Waals surface area contributed by atoms with Gasteiger partial charge in [-0.25, -0.2) is 0 Å². The van der Waals surface area contributed by atoms with Crippen LogP contribution in [0.2, 0.25) is 0 Å². The molecule has 0 saturated heterocycles. The number of ether oxygens (including phenoxy) is 2. The molecule has 0 aliphatic heterocycles. The molecule has 0 radical (unpaired) electrons. The number of fused-ring (bicyclic) bond motifs is 1. The van der Waals surface area contributed by atoms with E-state index in [0.717, 1.165) is 22.1 Å². The number of nitriles is 1. The van der Waals surface area contributed by atoms with Crippen molar-refractivity contribution < 1.29 is 18.7 Å². The topological polar surface area (TPSA) is 72.5 Å². The third kappa shape index (κ3) is 3.29. The van der Waals surface area contributed by atoms with Crippen LogP contribution < -0.4 is 9.47 Å². The summed E-state index contributed by atoms with van der Waals surface area (Å²) >= 11 is 0. The molecule has 0 fully saturated rings. The summed E-state index contributed by atoms with van der Waals surface area (Å²) in [5.74, 6) is 1.05. The predicted molar refractivity (Wildman–Crippen MR) is 114 cm³/mol. The number of aryl methyl sites for hydroxylation is 1. The molecule has 0 spiro atoms. The lowest BCUT2D eigenvalue weighted by molar-refractivity contribution is 0.101. The van der Waals surface area contributed by atoms with Crippen LogP contribution in [0.1, 0.15) is 27.2 Å². The summed E-state index contributed by atoms with van der Waals surface area (Å²) in [5.41, 5.74) is 4.20. The third-order valence-electron chi connectivity index (χ3n) is 5.12. The molecule has 0 N–H and O–H groups in total. The molecule has 30 heavy (non-hydrogen) atoms. The number of ketones is 1. The van der Waals surface area contributed by atoms with Gasteiger partial charge in [-0.3, -0.25) is 4.79 Å². The fraction of sp³-hybridized carbons (Fsp3) is 0.120. The fourth-order valence-electron chi connectivity index (χ4n) is 3.50. The number of carbonyl (C=O) groups is 1. The first-order valence-corrected chi connectivity index (χ1v) is 9.36. The second kappa shape index (κ2) is 7.76. The second-order valence-electron chi connectivity index (χ2n) is 6.86. The molecule has 4 aromatic rings. The van der Waals surface area contributed by atoms with Gasteiger partial charge in [0.1, 0.15) is 17.1 Å². The molecule has 0 aliphatic carbocycles. The highest BCUT2D eigenvalue weighted by atomic mass is 16.5. The molecule has 0 saturated carbocycles. The van der Waals surface area contributed by atoms with E-state index in [1.165, 1.54) is 7.11 Å². The van der Waals surface area contributed by atoms with E-state index in [4.69, 9.17) is 19.2 Å². The van der Waals surface area contributed by atoms with E-state index in [1.54, 1.807) is 31.4 Å². The van der Waals surface area contributed by atoms with Gasteiger partial charge in [0.2, 0.25) is 5.78 Å². The fourth-order valence-corrected chi connectivity index (χ4v) is 3.50. The van der Waals surface area contributed by atoms with E-state index >= 15 is 0 Å². The van der Waals surface area contributed by atoms with E-state index in [2.05, 4.69) is 6.07 Å². The van der Waals surface area contributed by atoms with Gasteiger partial charge < -0.3 is 13.9 Å². The lowest BCUT2D eigenvalue weighted by Crippen LogP contribution is -2.04. The number of rotatable bonds is 5. The van der Waals surface area contributed by atoms with Gasteiger partial charge in [0.25, 0.3) is 0 Å². The molecule has 0 amide bonds. The summed E-state index contributed by atoms with van der Waals surface area (Å²) in [6.07, 6.45) is 0. The zero-order valence-electron chi connectivity index (χ0n) is 16.9. The Balaban J connectivity index is 1.78. The van der Waals surface area contributed by atoms with Crippen molar-refractivity contribution in [1.82, 2.24) is 0 Å². The number of hydrogen-bond acceptors (Lipinski definition) is 5. The van der Waals surface area contributed by atoms with Crippen LogP contribution in [0, 0.1) is 18.3 Å². The number of nitrogens with zero attached hydrogens (tertiary/aromatic N) is 1. The molecule has 5 heteroatoms. The van der Waals surface area contributed by atoms with Crippen LogP contribution in [0.25, 0.3) is 22.1 Å². The van der Waals surface area contributed by atoms with Gasteiger partial charge in [0.15, 0.2) is 5.76 Å². The van der Waals surface area contributed by atoms with Crippen LogP contribution >= 0.6 is 0 Å². The summed E-state index contributed by atoms with van der Waals surface area (Å²) in [7, 11) is 3.07. The summed E-state index contributed by atoms with van der Waals surface area (Å²) in [5, 5.41) is 10.0. The normalized spacial score (nSPS) is 10.6. The summed E-state index contributed by atoms with van der Waals surface area (Å²) in [6, 6.07) is 20.4. The molecule has 1 aromatic heterocycles. The maximum Gasteiger partial charge on any atom is 0.232 e. The van der Waals surface area contributed by atoms with Gasteiger partial charge in [-0.05, 0) is 48.4 Å². The van der Waals surface area contributed by atoms with Crippen molar-refractivity contribution in [2.75, 3.05) is 14.2 Å². The second-order valence-corrected chi connectivity index (χ2v) is 6.86. The lowest BCUT2D eigenvalue weighted by atomic mass is 10.0. The van der Waals surface area contributed by atoms with Gasteiger partial charge in [0, 0.05) is 17.0 Å². The standard InChI is InChI=1S/C25H19NO4/c1-15-20-9-7-18(17-6-4-5-16(11-17)14-26)12-23(20)30-25(15)24(27)21-10-8-19(28-2)13-22(21)29-3/h4-13H,1-3H3. The minimum absolute atomic E-state index is 0.253. The van der Waals surface area contributed by atoms with Crippen molar-refractivity contribution in [1.29, 1.82) is 5.26 Å². The zero-order chi connectivity index (χ0) is 21.3. The first-order valence-electron chi connectivity index (χ1n) is 9.36. The smallest absolute Gasteiger partial charge is 0.232 e. The number of furan rings is 1. The third-order valence-corrected chi connectivity index (χ3v) is 5.12. The van der Waals surface area contributed by atoms with Gasteiger partial charge in [-0.2, -0.15) is 5.26 Å². The maximum absolute atomic E-state index is 13.2. The Kier molecular flexibility index (Phi) is 4.99. The van der Waals surface area contributed by atoms with Crippen molar-refractivity contribution in [3.8, 4) is 28.7 Å². The monoisotopic (exact) mass is 397 g/mol. The van der Waals surface area contributed by atoms with Gasteiger partial charge in [-0.1, -0.05) is 24.3 Å². The number of hydrogen-bond donors (Lipinski definition) is 0. The summed E-state index contributed by atoms with van der Waals surface area (Å²) in [4.78, 5) is 13.2. The lowest BCUT2D eigenvalue weighted by Gasteiger charge is -2.08. The summed E-state index contributed by atoms with van der Waals surface area (Å²) < 4.78 is 16.6. The van der Waals surface area contributed by atoms with Crippen molar-refractivity contribution >= 4 is 16.8 Å². The quantitative estimate of drug-likeness (QED) is 0.414. The van der Waals surface area contributed by atoms with Crippen molar-refractivity contribution in [3.05, 3.63) is 83.1 Å². The first-order chi connectivity index (χ1) is 14.5. The maximum atomic E-state index is 13.2. The highest BCUT2D eigenvalue weighted by molar-refractivity contribution is 6.12. The van der Waals surface area contributed by atoms with Crippen LogP contribution in [-0.4, -0.2) is 20.0 Å². The Morgan fingerprint density at radius 1 is 0.967 bits per heavy atom. The van der Waals surface area contributed by atoms with E-state index in [9.17, 15) is 4.79 Å². The van der Waals surface area contributed by atoms with Crippen LogP contribution in [0.5, 0.6) is 11.5 Å². The molecule has 4 rings (SSSR count). The van der Waals surface area contributed by atoms with Crippen molar-refractivity contribution in [2.45, 2.75) is 6.92 Å². The Morgan fingerprint density at radius 3 is 2.50 bits per heavy atom. The van der Waals surface area contributed by atoms with Crippen molar-refractivity contribution in [2.24, 2.45) is 0 Å². The number of carbonyl (C=O) groups excluding carboxylic acids is 1. The van der Waals surface area contributed by atoms with Crippen LogP contribution in [0.3, 0.4) is 0 Å². The molecule has 3 aromatic carbocycles. The van der Waals surface area contributed by atoms with Gasteiger partial charge >= 0.3 is 0 Å². The molecule has 148 valence electrons. The minimum atomic E-state index is -0.253. The van der Waals surface area contributed by atoms with E-state index in [1.807, 2.05) is 43.3 Å². The van der Waals surface area contributed by atoms with Gasteiger partial charge in [0.05, 0.1) is 31.4 Å². The molecule has 0 bridgehead atoms. The van der Waals surface area contributed by atoms with E-state index < -0.39 is 0 Å². The molecule has 1 heterocycles. The highest BCUT2D eigenvalue weighted by Gasteiger charge is 2.23. The molecule has 0 aliphatic rings. The molecular formula is C25H19NO4. The van der Waals surface area contributed by atoms with Crippen LogP contribution in [0.4, 0.5) is 0 Å². The van der Waals surface area contributed by atoms with Crippen LogP contribution in [0.15, 0.2) is 65.1 Å². The van der Waals surface area contributed by atoms with E-state index in [-0.39, 0.29) is 11.5 Å². The largest absolute Gasteiger partial charge is 0.497 e. The van der Waals surface area contributed by atoms with E-state index in [0.29, 0.717) is 28.2 Å². The zero-order valence-corrected chi connectivity index (χ0v) is 16.9. The van der Waals surface area contributed by atoms with Crippen LogP contribution in [-0.2, 0) is 0 Å². The molecular weight excluding hydrogens is 378 g/mol. The molecule has 0 unspecified atom stereocenters. The Bertz CT molecular complexity index is 1310. The number of benzene rings is 3. The Labute approximate surface area is 174 Å². The Morgan fingerprint density at radius 2 is 1.77 bits per heavy atom. The number of methoxy groups -OCH3 is 2. The molecule has 5 nitrogen and oxygen atoms in total. The predicted octanol–water partition coefficient (Wildman–Crippen LogP) is 5.53. The first kappa shape index (κ1) is 19.3. The highest BCUT2D eigenvalue weighted by Crippen LogP contribution is 2.33. The van der Waals surface area contributed by atoms with Crippen molar-refractivity contribution in [3.63, 3.8) is 0 Å². The minimum Gasteiger partial charge on any atom is -0.497 e. The Hall–Kier alpha value is -4.04. The average Bonchev–Trinajstić information content (AvgIpc) is 3.13. The van der Waals surface area contributed by atoms with Gasteiger partial charge in [-0.15, -0.1) is 0 Å². The SMILES string of the molecule is COc1ccc(C(=O)c2oc3cc(-c4cccc(C#N)c4)ccc3c2C)c(OC)c1. The summed E-state index contributed by atoms with van der Waals surface area (Å²) in [6.45, 7) is 1.87. The average molecular weight is 397 g/mol.